The Labute approximate surface area is 137 Å². The maximum atomic E-state index is 11.8. The van der Waals surface area contributed by atoms with Crippen molar-refractivity contribution in [3.63, 3.8) is 0 Å². The molecule has 1 aromatic carbocycles. The van der Waals surface area contributed by atoms with Gasteiger partial charge in [0.1, 0.15) is 6.07 Å². The number of aliphatic hydroxyl groups excluding tert-OH is 1. The van der Waals surface area contributed by atoms with Crippen LogP contribution in [0.1, 0.15) is 23.7 Å². The molecule has 0 aliphatic carbocycles. The van der Waals surface area contributed by atoms with Gasteiger partial charge >= 0.3 is 11.8 Å². The van der Waals surface area contributed by atoms with Gasteiger partial charge in [0.25, 0.3) is 0 Å². The van der Waals surface area contributed by atoms with E-state index in [4.69, 9.17) is 5.26 Å². The molecule has 1 atom stereocenters. The molecule has 0 radical (unpaired) electrons. The summed E-state index contributed by atoms with van der Waals surface area (Å²) in [6.07, 6.45) is -0.367. The van der Waals surface area contributed by atoms with Crippen molar-refractivity contribution in [2.45, 2.75) is 12.5 Å². The summed E-state index contributed by atoms with van der Waals surface area (Å²) >= 11 is 1.48. The molecule has 0 unspecified atom stereocenters. The number of anilines is 1. The molecule has 118 valence electrons. The third kappa shape index (κ3) is 4.64. The van der Waals surface area contributed by atoms with E-state index in [1.54, 1.807) is 24.3 Å². The van der Waals surface area contributed by atoms with Crippen molar-refractivity contribution in [1.82, 2.24) is 5.32 Å². The van der Waals surface area contributed by atoms with E-state index < -0.39 is 17.9 Å². The van der Waals surface area contributed by atoms with Crippen LogP contribution in [0.5, 0.6) is 0 Å². The maximum absolute atomic E-state index is 11.8. The molecule has 3 N–H and O–H groups in total. The van der Waals surface area contributed by atoms with Gasteiger partial charge < -0.3 is 15.7 Å². The Morgan fingerprint density at radius 1 is 1.26 bits per heavy atom. The summed E-state index contributed by atoms with van der Waals surface area (Å²) < 4.78 is 0. The molecule has 2 aromatic rings. The highest BCUT2D eigenvalue weighted by molar-refractivity contribution is 7.07. The van der Waals surface area contributed by atoms with Crippen LogP contribution < -0.4 is 10.6 Å². The van der Waals surface area contributed by atoms with Gasteiger partial charge in [0, 0.05) is 6.54 Å². The van der Waals surface area contributed by atoms with Gasteiger partial charge in [-0.15, -0.1) is 0 Å². The lowest BCUT2D eigenvalue weighted by Gasteiger charge is -2.10. The van der Waals surface area contributed by atoms with Gasteiger partial charge in [0.05, 0.1) is 17.4 Å². The largest absolute Gasteiger partial charge is 0.388 e. The van der Waals surface area contributed by atoms with Gasteiger partial charge in [-0.3, -0.25) is 9.59 Å². The Balaban J connectivity index is 1.81. The zero-order chi connectivity index (χ0) is 16.7. The first-order valence-electron chi connectivity index (χ1n) is 6.90. The second-order valence-corrected chi connectivity index (χ2v) is 5.51. The Morgan fingerprint density at radius 3 is 2.74 bits per heavy atom. The van der Waals surface area contributed by atoms with Crippen molar-refractivity contribution >= 4 is 28.8 Å². The number of rotatable bonds is 5. The first kappa shape index (κ1) is 16.7. The van der Waals surface area contributed by atoms with Crippen LogP contribution in [0.3, 0.4) is 0 Å². The summed E-state index contributed by atoms with van der Waals surface area (Å²) in [5, 5.41) is 27.3. The number of amides is 2. The zero-order valence-electron chi connectivity index (χ0n) is 12.2. The molecule has 0 spiro atoms. The van der Waals surface area contributed by atoms with Crippen LogP contribution in [0.4, 0.5) is 5.69 Å². The van der Waals surface area contributed by atoms with E-state index in [9.17, 15) is 14.7 Å². The lowest BCUT2D eigenvalue weighted by Crippen LogP contribution is -2.36. The van der Waals surface area contributed by atoms with Crippen LogP contribution >= 0.6 is 11.3 Å². The fraction of sp³-hybridized carbons (Fsp3) is 0.188. The summed E-state index contributed by atoms with van der Waals surface area (Å²) in [6.45, 7) is 0.170. The molecular formula is C16H15N3O3S. The lowest BCUT2D eigenvalue weighted by atomic mass is 10.1. The number of carbonyl (C=O) groups is 2. The lowest BCUT2D eigenvalue weighted by molar-refractivity contribution is -0.136. The molecule has 7 heteroatoms. The molecule has 0 fully saturated rings. The molecule has 1 heterocycles. The van der Waals surface area contributed by atoms with E-state index in [1.807, 2.05) is 22.9 Å². The summed E-state index contributed by atoms with van der Waals surface area (Å²) in [7, 11) is 0. The average molecular weight is 329 g/mol. The zero-order valence-corrected chi connectivity index (χ0v) is 13.0. The number of nitrogens with zero attached hydrogens (tertiary/aromatic N) is 1. The van der Waals surface area contributed by atoms with E-state index in [1.165, 1.54) is 11.3 Å². The predicted octanol–water partition coefficient (Wildman–Crippen LogP) is 1.80. The molecule has 0 aliphatic rings. The quantitative estimate of drug-likeness (QED) is 0.728. The van der Waals surface area contributed by atoms with Crippen molar-refractivity contribution in [2.75, 3.05) is 11.9 Å². The van der Waals surface area contributed by atoms with Crippen LogP contribution in [0.15, 0.2) is 41.1 Å². The number of hydrogen-bond donors (Lipinski definition) is 3. The van der Waals surface area contributed by atoms with Crippen LogP contribution in [0, 0.1) is 11.3 Å². The smallest absolute Gasteiger partial charge is 0.313 e. The van der Waals surface area contributed by atoms with E-state index in [0.717, 1.165) is 5.56 Å². The third-order valence-electron chi connectivity index (χ3n) is 3.13. The second kappa shape index (κ2) is 8.08. The fourth-order valence-corrected chi connectivity index (χ4v) is 2.61. The van der Waals surface area contributed by atoms with E-state index in [0.29, 0.717) is 6.42 Å². The number of hydrogen-bond acceptors (Lipinski definition) is 5. The number of para-hydroxylation sites is 1. The molecule has 0 saturated carbocycles. The Hall–Kier alpha value is -2.69. The SMILES string of the molecule is N#Cc1ccccc1NC(=O)C(=O)NCC[C@H](O)c1ccsc1. The molecule has 2 rings (SSSR count). The summed E-state index contributed by atoms with van der Waals surface area (Å²) in [5.74, 6) is -1.66. The molecule has 0 bridgehead atoms. The summed E-state index contributed by atoms with van der Waals surface area (Å²) in [5.41, 5.74) is 1.35. The van der Waals surface area contributed by atoms with Crippen molar-refractivity contribution in [3.8, 4) is 6.07 Å². The molecular weight excluding hydrogens is 314 g/mol. The highest BCUT2D eigenvalue weighted by Crippen LogP contribution is 2.18. The fourth-order valence-electron chi connectivity index (χ4n) is 1.90. The minimum Gasteiger partial charge on any atom is -0.388 e. The van der Waals surface area contributed by atoms with Crippen LogP contribution in [0.2, 0.25) is 0 Å². The van der Waals surface area contributed by atoms with Gasteiger partial charge in [-0.25, -0.2) is 0 Å². The monoisotopic (exact) mass is 329 g/mol. The summed E-state index contributed by atoms with van der Waals surface area (Å²) in [4.78, 5) is 23.5. The molecule has 0 saturated heterocycles. The number of nitrogens with one attached hydrogen (secondary N) is 2. The van der Waals surface area contributed by atoms with Gasteiger partial charge in [-0.2, -0.15) is 16.6 Å². The number of aliphatic hydroxyl groups is 1. The van der Waals surface area contributed by atoms with E-state index in [-0.39, 0.29) is 17.8 Å². The van der Waals surface area contributed by atoms with Crippen molar-refractivity contribution in [3.05, 3.63) is 52.2 Å². The normalized spacial score (nSPS) is 11.3. The highest BCUT2D eigenvalue weighted by atomic mass is 32.1. The highest BCUT2D eigenvalue weighted by Gasteiger charge is 2.15. The van der Waals surface area contributed by atoms with Crippen molar-refractivity contribution in [1.29, 1.82) is 5.26 Å². The molecule has 1 aromatic heterocycles. The third-order valence-corrected chi connectivity index (χ3v) is 3.83. The maximum Gasteiger partial charge on any atom is 0.313 e. The van der Waals surface area contributed by atoms with E-state index in [2.05, 4.69) is 10.6 Å². The van der Waals surface area contributed by atoms with E-state index >= 15 is 0 Å². The average Bonchev–Trinajstić information content (AvgIpc) is 3.09. The van der Waals surface area contributed by atoms with Gasteiger partial charge in [-0.1, -0.05) is 12.1 Å². The topological polar surface area (TPSA) is 102 Å². The number of nitriles is 1. The Morgan fingerprint density at radius 2 is 2.04 bits per heavy atom. The summed E-state index contributed by atoms with van der Waals surface area (Å²) in [6, 6.07) is 10.2. The number of thiophene rings is 1. The first-order chi connectivity index (χ1) is 11.1. The Kier molecular flexibility index (Phi) is 5.86. The van der Waals surface area contributed by atoms with Crippen molar-refractivity contribution < 1.29 is 14.7 Å². The minimum atomic E-state index is -0.849. The predicted molar refractivity (Wildman–Crippen MR) is 86.7 cm³/mol. The van der Waals surface area contributed by atoms with Crippen molar-refractivity contribution in [2.24, 2.45) is 0 Å². The standard InChI is InChI=1S/C16H15N3O3S/c17-9-11-3-1-2-4-13(11)19-16(22)15(21)18-7-5-14(20)12-6-8-23-10-12/h1-4,6,8,10,14,20H,5,7H2,(H,18,21)(H,19,22)/t14-/m0/s1. The second-order valence-electron chi connectivity index (χ2n) is 4.73. The molecule has 0 aliphatic heterocycles. The number of carbonyl (C=O) groups excluding carboxylic acids is 2. The molecule has 23 heavy (non-hydrogen) atoms. The van der Waals surface area contributed by atoms with Gasteiger partial charge in [-0.05, 0) is 40.9 Å². The van der Waals surface area contributed by atoms with Crippen LogP contribution in [-0.2, 0) is 9.59 Å². The van der Waals surface area contributed by atoms with Gasteiger partial charge in [0.15, 0.2) is 0 Å². The molecule has 6 nitrogen and oxygen atoms in total. The first-order valence-corrected chi connectivity index (χ1v) is 7.84. The number of benzene rings is 1. The van der Waals surface area contributed by atoms with Crippen LogP contribution in [0.25, 0.3) is 0 Å². The Bertz CT molecular complexity index is 722. The minimum absolute atomic E-state index is 0.170. The van der Waals surface area contributed by atoms with Gasteiger partial charge in [0.2, 0.25) is 0 Å². The molecule has 2 amide bonds. The van der Waals surface area contributed by atoms with Crippen LogP contribution in [-0.4, -0.2) is 23.5 Å².